The average molecular weight is 825 g/mol. The number of aromatic nitrogens is 2. The van der Waals surface area contributed by atoms with Crippen molar-refractivity contribution in [1.29, 1.82) is 0 Å². The highest BCUT2D eigenvalue weighted by atomic mass is 16.5. The van der Waals surface area contributed by atoms with Crippen molar-refractivity contribution in [2.45, 2.75) is 57.3 Å². The SMILES string of the molecule is CCc1c(-c2ccccc2)nc(-c2ccc3c(c2)C(C)(C)c2ccccc2-3)nc1-c1ccccc1-c1cccc2c1C1(c3ccccc3Oc3ccccc31)c1ccccc1C2(C)C. The van der Waals surface area contributed by atoms with Gasteiger partial charge in [0.2, 0.25) is 0 Å². The fourth-order valence-corrected chi connectivity index (χ4v) is 11.7. The lowest BCUT2D eigenvalue weighted by Crippen LogP contribution is -2.43. The molecule has 0 saturated carbocycles. The second kappa shape index (κ2) is 14.1. The minimum Gasteiger partial charge on any atom is -0.457 e. The fourth-order valence-electron chi connectivity index (χ4n) is 11.7. The van der Waals surface area contributed by atoms with Crippen LogP contribution in [-0.4, -0.2) is 9.97 Å². The Hall–Kier alpha value is -7.36. The van der Waals surface area contributed by atoms with Crippen LogP contribution in [0.2, 0.25) is 0 Å². The Kier molecular flexibility index (Phi) is 8.43. The summed E-state index contributed by atoms with van der Waals surface area (Å²) in [6.07, 6.45) is 0.760. The van der Waals surface area contributed by atoms with Crippen LogP contribution in [0.3, 0.4) is 0 Å². The van der Waals surface area contributed by atoms with Gasteiger partial charge in [-0.1, -0.05) is 204 Å². The van der Waals surface area contributed by atoms with Crippen molar-refractivity contribution in [3.8, 4) is 67.7 Å². The summed E-state index contributed by atoms with van der Waals surface area (Å²) >= 11 is 0. The molecule has 0 radical (unpaired) electrons. The molecule has 1 aliphatic heterocycles. The normalized spacial score (nSPS) is 15.2. The van der Waals surface area contributed by atoms with Crippen LogP contribution in [0.4, 0.5) is 0 Å². The van der Waals surface area contributed by atoms with Crippen LogP contribution in [0, 0.1) is 0 Å². The van der Waals surface area contributed by atoms with Gasteiger partial charge in [0.15, 0.2) is 5.82 Å². The molecule has 0 unspecified atom stereocenters. The third-order valence-corrected chi connectivity index (χ3v) is 14.6. The zero-order valence-electron chi connectivity index (χ0n) is 36.9. The Morgan fingerprint density at radius 2 is 0.906 bits per heavy atom. The molecule has 0 bridgehead atoms. The summed E-state index contributed by atoms with van der Waals surface area (Å²) in [5.74, 6) is 2.49. The van der Waals surface area contributed by atoms with Crippen LogP contribution >= 0.6 is 0 Å². The highest BCUT2D eigenvalue weighted by Gasteiger charge is 2.54. The van der Waals surface area contributed by atoms with Crippen LogP contribution in [0.5, 0.6) is 11.5 Å². The Morgan fingerprint density at radius 3 is 1.61 bits per heavy atom. The van der Waals surface area contributed by atoms with E-state index >= 15 is 0 Å². The van der Waals surface area contributed by atoms with Gasteiger partial charge in [-0.25, -0.2) is 9.97 Å². The topological polar surface area (TPSA) is 35.0 Å². The number of para-hydroxylation sites is 2. The predicted octanol–water partition coefficient (Wildman–Crippen LogP) is 15.1. The standard InChI is InChI=1S/C61H48N2O/c1-6-40-56(38-21-8-7-9-22-38)62-58(39-35-36-43-42-24-12-13-27-46(42)59(2,3)52(43)37-39)63-57(40)45-25-11-10-23-41(45)44-26-20-32-51-55(44)61(48-29-15-14-28-47(48)60(51,4)5)49-30-16-18-33-53(49)64-54-34-19-17-31-50(54)61/h7-37H,6H2,1-5H3. The molecule has 3 aliphatic rings. The van der Waals surface area contributed by atoms with Gasteiger partial charge < -0.3 is 4.74 Å². The smallest absolute Gasteiger partial charge is 0.160 e. The van der Waals surface area contributed by atoms with Gasteiger partial charge in [-0.05, 0) is 80.3 Å². The Labute approximate surface area is 376 Å². The predicted molar refractivity (Wildman–Crippen MR) is 261 cm³/mol. The van der Waals surface area contributed by atoms with E-state index in [0.717, 1.165) is 74.1 Å². The van der Waals surface area contributed by atoms with E-state index in [1.54, 1.807) is 0 Å². The molecule has 2 aliphatic carbocycles. The van der Waals surface area contributed by atoms with Crippen molar-refractivity contribution in [1.82, 2.24) is 9.97 Å². The van der Waals surface area contributed by atoms with Crippen molar-refractivity contribution in [2.75, 3.05) is 0 Å². The molecule has 0 amide bonds. The summed E-state index contributed by atoms with van der Waals surface area (Å²) in [6.45, 7) is 11.7. The average Bonchev–Trinajstić information content (AvgIpc) is 3.57. The molecule has 0 fully saturated rings. The van der Waals surface area contributed by atoms with E-state index in [1.165, 1.54) is 50.1 Å². The van der Waals surface area contributed by atoms with E-state index in [1.807, 2.05) is 0 Å². The molecule has 0 N–H and O–H groups in total. The van der Waals surface area contributed by atoms with Crippen LogP contribution in [0.25, 0.3) is 56.2 Å². The first-order valence-corrected chi connectivity index (χ1v) is 22.6. The van der Waals surface area contributed by atoms with Gasteiger partial charge in [0, 0.05) is 44.2 Å². The number of nitrogens with zero attached hydrogens (tertiary/aromatic N) is 2. The molecule has 308 valence electrons. The van der Waals surface area contributed by atoms with Gasteiger partial charge in [-0.15, -0.1) is 0 Å². The van der Waals surface area contributed by atoms with Crippen molar-refractivity contribution < 1.29 is 4.74 Å². The van der Waals surface area contributed by atoms with Gasteiger partial charge in [-0.3, -0.25) is 0 Å². The van der Waals surface area contributed by atoms with Crippen molar-refractivity contribution in [3.63, 3.8) is 0 Å². The fraction of sp³-hybridized carbons (Fsp3) is 0.148. The first-order chi connectivity index (χ1) is 31.2. The second-order valence-corrected chi connectivity index (χ2v) is 18.7. The summed E-state index contributed by atoms with van der Waals surface area (Å²) in [5.41, 5.74) is 20.2. The van der Waals surface area contributed by atoms with E-state index in [4.69, 9.17) is 14.7 Å². The van der Waals surface area contributed by atoms with E-state index < -0.39 is 5.41 Å². The number of benzene rings is 8. The molecule has 2 heterocycles. The molecule has 8 aromatic carbocycles. The van der Waals surface area contributed by atoms with Crippen molar-refractivity contribution in [3.05, 3.63) is 238 Å². The van der Waals surface area contributed by atoms with E-state index in [0.29, 0.717) is 0 Å². The monoisotopic (exact) mass is 824 g/mol. The molecule has 0 saturated heterocycles. The molecular weight excluding hydrogens is 777 g/mol. The molecule has 3 nitrogen and oxygen atoms in total. The lowest BCUT2D eigenvalue weighted by molar-refractivity contribution is 0.425. The maximum atomic E-state index is 6.81. The van der Waals surface area contributed by atoms with Crippen molar-refractivity contribution in [2.24, 2.45) is 0 Å². The van der Waals surface area contributed by atoms with Gasteiger partial charge >= 0.3 is 0 Å². The van der Waals surface area contributed by atoms with Gasteiger partial charge in [0.25, 0.3) is 0 Å². The number of hydrogen-bond donors (Lipinski definition) is 0. The lowest BCUT2D eigenvalue weighted by atomic mass is 9.52. The van der Waals surface area contributed by atoms with Gasteiger partial charge in [0.1, 0.15) is 11.5 Å². The van der Waals surface area contributed by atoms with E-state index in [-0.39, 0.29) is 10.8 Å². The molecule has 64 heavy (non-hydrogen) atoms. The van der Waals surface area contributed by atoms with Crippen LogP contribution < -0.4 is 4.74 Å². The molecule has 1 spiro atoms. The first kappa shape index (κ1) is 38.3. The third-order valence-electron chi connectivity index (χ3n) is 14.6. The second-order valence-electron chi connectivity index (χ2n) is 18.7. The number of fused-ring (bicyclic) bond motifs is 11. The largest absolute Gasteiger partial charge is 0.457 e. The van der Waals surface area contributed by atoms with Crippen LogP contribution in [-0.2, 0) is 22.7 Å². The molecule has 0 atom stereocenters. The summed E-state index contributed by atoms with van der Waals surface area (Å²) in [4.78, 5) is 11.2. The van der Waals surface area contributed by atoms with Crippen molar-refractivity contribution >= 4 is 0 Å². The molecule has 12 rings (SSSR count). The summed E-state index contributed by atoms with van der Waals surface area (Å²) in [6, 6.07) is 68.6. The Morgan fingerprint density at radius 1 is 0.391 bits per heavy atom. The molecular formula is C61H48N2O. The highest BCUT2D eigenvalue weighted by molar-refractivity contribution is 5.92. The number of ether oxygens (including phenoxy) is 1. The lowest BCUT2D eigenvalue weighted by Gasteiger charge is -2.50. The minimum absolute atomic E-state index is 0.154. The van der Waals surface area contributed by atoms with Crippen LogP contribution in [0.15, 0.2) is 188 Å². The van der Waals surface area contributed by atoms with E-state index in [2.05, 4.69) is 223 Å². The molecule has 1 aromatic heterocycles. The Bertz CT molecular complexity index is 3310. The molecule has 3 heteroatoms. The number of hydrogen-bond acceptors (Lipinski definition) is 3. The number of rotatable bonds is 5. The summed E-state index contributed by atoms with van der Waals surface area (Å²) in [7, 11) is 0. The molecule has 9 aromatic rings. The van der Waals surface area contributed by atoms with Gasteiger partial charge in [0.05, 0.1) is 16.8 Å². The zero-order chi connectivity index (χ0) is 43.4. The first-order valence-electron chi connectivity index (χ1n) is 22.6. The highest BCUT2D eigenvalue weighted by Crippen LogP contribution is 2.63. The van der Waals surface area contributed by atoms with Crippen LogP contribution in [0.1, 0.15) is 84.7 Å². The summed E-state index contributed by atoms with van der Waals surface area (Å²) in [5, 5.41) is 0. The minimum atomic E-state index is -0.676. The quantitative estimate of drug-likeness (QED) is 0.173. The Balaban J connectivity index is 1.15. The van der Waals surface area contributed by atoms with Gasteiger partial charge in [-0.2, -0.15) is 0 Å². The maximum Gasteiger partial charge on any atom is 0.160 e. The maximum absolute atomic E-state index is 6.81. The van der Waals surface area contributed by atoms with E-state index in [9.17, 15) is 0 Å². The zero-order valence-corrected chi connectivity index (χ0v) is 36.9. The third kappa shape index (κ3) is 5.27. The summed E-state index contributed by atoms with van der Waals surface area (Å²) < 4.78 is 6.81.